The summed E-state index contributed by atoms with van der Waals surface area (Å²) in [5, 5.41) is 33.8. The highest BCUT2D eigenvalue weighted by Gasteiger charge is 2.50. The van der Waals surface area contributed by atoms with E-state index in [4.69, 9.17) is 4.74 Å². The molecule has 184 valence electrons. The molecule has 35 heavy (non-hydrogen) atoms. The summed E-state index contributed by atoms with van der Waals surface area (Å²) in [6.45, 7) is 2.85. The number of carbonyl (C=O) groups excluding carboxylic acids is 1. The van der Waals surface area contributed by atoms with E-state index in [9.17, 15) is 33.3 Å². The lowest BCUT2D eigenvalue weighted by Gasteiger charge is -2.46. The predicted molar refractivity (Wildman–Crippen MR) is 118 cm³/mol. The molecule has 11 heteroatoms. The molecule has 5 atom stereocenters. The molecule has 3 heterocycles. The number of amides is 1. The largest absolute Gasteiger partial charge is 0.387 e. The van der Waals surface area contributed by atoms with Crippen molar-refractivity contribution in [1.82, 2.24) is 9.97 Å². The lowest BCUT2D eigenvalue weighted by atomic mass is 9.82. The molecule has 8 nitrogen and oxygen atoms in total. The van der Waals surface area contributed by atoms with Crippen LogP contribution in [0, 0.1) is 17.5 Å². The first-order valence-corrected chi connectivity index (χ1v) is 10.6. The Kier molecular flexibility index (Phi) is 6.60. The van der Waals surface area contributed by atoms with Gasteiger partial charge in [-0.15, -0.1) is 0 Å². The number of nitrogens with zero attached hydrogens (tertiary/aromatic N) is 2. The summed E-state index contributed by atoms with van der Waals surface area (Å²) < 4.78 is 48.5. The Bertz CT molecular complexity index is 1250. The Morgan fingerprint density at radius 3 is 2.46 bits per heavy atom. The van der Waals surface area contributed by atoms with Crippen molar-refractivity contribution in [2.75, 3.05) is 5.32 Å². The molecule has 3 aromatic rings. The van der Waals surface area contributed by atoms with Gasteiger partial charge in [0, 0.05) is 11.8 Å². The standard InChI is InChI=1S/C24H22F3N3O5/c1-11-24(2,34)22(32)20(31)21(35-11)12-8-9-28-10-17(12)30-23(33)16-7-6-15(27)19(29-16)18-13(25)4-3-5-14(18)26/h3-11,20-22,31-32,34H,1-2H3,(H,30,33)/t11-,20+,21+,22-,24-/m1/s1. The molecule has 1 fully saturated rings. The maximum absolute atomic E-state index is 14.4. The number of halogens is 3. The predicted octanol–water partition coefficient (Wildman–Crippen LogP) is 2.75. The van der Waals surface area contributed by atoms with Gasteiger partial charge in [-0.3, -0.25) is 9.78 Å². The maximum Gasteiger partial charge on any atom is 0.274 e. The zero-order valence-corrected chi connectivity index (χ0v) is 18.6. The van der Waals surface area contributed by atoms with Crippen molar-refractivity contribution in [2.24, 2.45) is 0 Å². The lowest BCUT2D eigenvalue weighted by Crippen LogP contribution is -2.61. The van der Waals surface area contributed by atoms with Gasteiger partial charge in [0.1, 0.15) is 52.8 Å². The molecule has 0 unspecified atom stereocenters. The Morgan fingerprint density at radius 2 is 1.77 bits per heavy atom. The first kappa shape index (κ1) is 24.7. The maximum atomic E-state index is 14.4. The molecular formula is C24H22F3N3O5. The number of nitrogens with one attached hydrogen (secondary N) is 1. The van der Waals surface area contributed by atoms with Gasteiger partial charge in [-0.05, 0) is 44.2 Å². The van der Waals surface area contributed by atoms with Gasteiger partial charge >= 0.3 is 0 Å². The summed E-state index contributed by atoms with van der Waals surface area (Å²) in [5.41, 5.74) is -3.14. The van der Waals surface area contributed by atoms with E-state index >= 15 is 0 Å². The first-order chi connectivity index (χ1) is 16.5. The molecule has 0 spiro atoms. The highest BCUT2D eigenvalue weighted by Crippen LogP contribution is 2.39. The number of ether oxygens (including phenoxy) is 1. The molecular weight excluding hydrogens is 467 g/mol. The third-order valence-electron chi connectivity index (χ3n) is 6.09. The minimum atomic E-state index is -1.72. The van der Waals surface area contributed by atoms with E-state index in [0.717, 1.165) is 30.3 Å². The lowest BCUT2D eigenvalue weighted by molar-refractivity contribution is -0.260. The van der Waals surface area contributed by atoms with Gasteiger partial charge in [-0.2, -0.15) is 0 Å². The van der Waals surface area contributed by atoms with E-state index in [-0.39, 0.29) is 16.9 Å². The van der Waals surface area contributed by atoms with E-state index < -0.39 is 64.6 Å². The van der Waals surface area contributed by atoms with Crippen molar-refractivity contribution in [3.63, 3.8) is 0 Å². The van der Waals surface area contributed by atoms with Crippen molar-refractivity contribution in [3.05, 3.63) is 77.5 Å². The zero-order valence-electron chi connectivity index (χ0n) is 18.6. The van der Waals surface area contributed by atoms with Gasteiger partial charge in [-0.1, -0.05) is 6.07 Å². The molecule has 2 aromatic heterocycles. The van der Waals surface area contributed by atoms with E-state index in [1.54, 1.807) is 0 Å². The number of carbonyl (C=O) groups is 1. The van der Waals surface area contributed by atoms with Gasteiger partial charge in [0.25, 0.3) is 5.91 Å². The van der Waals surface area contributed by atoms with E-state index in [0.29, 0.717) is 0 Å². The van der Waals surface area contributed by atoms with Crippen LogP contribution in [0.1, 0.15) is 36.0 Å². The topological polar surface area (TPSA) is 125 Å². The molecule has 1 aliphatic rings. The molecule has 0 aliphatic carbocycles. The van der Waals surface area contributed by atoms with Crippen LogP contribution in [-0.2, 0) is 4.74 Å². The van der Waals surface area contributed by atoms with Gasteiger partial charge < -0.3 is 25.4 Å². The molecule has 0 radical (unpaired) electrons. The van der Waals surface area contributed by atoms with Crippen molar-refractivity contribution >= 4 is 11.6 Å². The third kappa shape index (κ3) is 4.50. The molecule has 1 amide bonds. The minimum Gasteiger partial charge on any atom is -0.387 e. The average molecular weight is 489 g/mol. The number of aromatic nitrogens is 2. The SMILES string of the molecule is C[C@H]1O[C@@H](c2ccncc2NC(=O)c2ccc(F)c(-c3c(F)cccc3F)n2)[C@H](O)[C@@H](O)[C@]1(C)O. The zero-order chi connectivity index (χ0) is 25.5. The summed E-state index contributed by atoms with van der Waals surface area (Å²) in [7, 11) is 0. The van der Waals surface area contributed by atoms with Crippen LogP contribution in [0.5, 0.6) is 0 Å². The number of benzene rings is 1. The van der Waals surface area contributed by atoms with Crippen LogP contribution in [0.2, 0.25) is 0 Å². The monoisotopic (exact) mass is 489 g/mol. The Labute approximate surface area is 198 Å². The second-order valence-corrected chi connectivity index (χ2v) is 8.40. The van der Waals surface area contributed by atoms with Gasteiger partial charge in [0.2, 0.25) is 0 Å². The Balaban J connectivity index is 1.66. The van der Waals surface area contributed by atoms with Crippen molar-refractivity contribution in [2.45, 2.75) is 43.9 Å². The molecule has 1 aromatic carbocycles. The smallest absolute Gasteiger partial charge is 0.274 e. The second-order valence-electron chi connectivity index (χ2n) is 8.40. The third-order valence-corrected chi connectivity index (χ3v) is 6.09. The molecule has 0 saturated carbocycles. The number of hydrogen-bond acceptors (Lipinski definition) is 7. The molecule has 0 bridgehead atoms. The Morgan fingerprint density at radius 1 is 1.09 bits per heavy atom. The quantitative estimate of drug-likeness (QED) is 0.444. The first-order valence-electron chi connectivity index (χ1n) is 10.6. The summed E-state index contributed by atoms with van der Waals surface area (Å²) in [6.07, 6.45) is -2.47. The minimum absolute atomic E-state index is 0.0761. The normalized spacial score (nSPS) is 26.4. The number of anilines is 1. The van der Waals surface area contributed by atoms with Crippen LogP contribution < -0.4 is 5.32 Å². The molecule has 4 N–H and O–H groups in total. The van der Waals surface area contributed by atoms with Gasteiger partial charge in [0.05, 0.1) is 23.6 Å². The van der Waals surface area contributed by atoms with Gasteiger partial charge in [-0.25, -0.2) is 18.2 Å². The van der Waals surface area contributed by atoms with Crippen LogP contribution >= 0.6 is 0 Å². The number of pyridine rings is 2. The molecule has 1 saturated heterocycles. The second kappa shape index (κ2) is 9.34. The van der Waals surface area contributed by atoms with E-state index in [1.165, 1.54) is 32.3 Å². The van der Waals surface area contributed by atoms with E-state index in [1.807, 2.05) is 0 Å². The molecule has 1 aliphatic heterocycles. The highest BCUT2D eigenvalue weighted by atomic mass is 19.1. The van der Waals surface area contributed by atoms with Crippen LogP contribution in [0.25, 0.3) is 11.3 Å². The number of rotatable bonds is 4. The fourth-order valence-electron chi connectivity index (χ4n) is 3.86. The van der Waals surface area contributed by atoms with Crippen LogP contribution in [0.4, 0.5) is 18.9 Å². The summed E-state index contributed by atoms with van der Waals surface area (Å²) in [5.74, 6) is -3.98. The van der Waals surface area contributed by atoms with Gasteiger partial charge in [0.15, 0.2) is 0 Å². The number of hydrogen-bond donors (Lipinski definition) is 4. The number of aliphatic hydroxyl groups excluding tert-OH is 2. The van der Waals surface area contributed by atoms with Crippen molar-refractivity contribution in [3.8, 4) is 11.3 Å². The summed E-state index contributed by atoms with van der Waals surface area (Å²) >= 11 is 0. The summed E-state index contributed by atoms with van der Waals surface area (Å²) in [6, 6.07) is 6.35. The summed E-state index contributed by atoms with van der Waals surface area (Å²) in [4.78, 5) is 20.7. The molecule has 4 rings (SSSR count). The van der Waals surface area contributed by atoms with Crippen LogP contribution in [0.15, 0.2) is 48.8 Å². The van der Waals surface area contributed by atoms with Crippen LogP contribution in [-0.4, -0.2) is 55.1 Å². The average Bonchev–Trinajstić information content (AvgIpc) is 2.82. The fraction of sp³-hybridized carbons (Fsp3) is 0.292. The van der Waals surface area contributed by atoms with E-state index in [2.05, 4.69) is 15.3 Å². The Hall–Kier alpha value is -3.38. The number of aliphatic hydroxyl groups is 3. The van der Waals surface area contributed by atoms with Crippen molar-refractivity contribution in [1.29, 1.82) is 0 Å². The van der Waals surface area contributed by atoms with Crippen molar-refractivity contribution < 1.29 is 38.0 Å². The van der Waals surface area contributed by atoms with Crippen LogP contribution in [0.3, 0.4) is 0 Å². The fourth-order valence-corrected chi connectivity index (χ4v) is 3.86. The highest BCUT2D eigenvalue weighted by molar-refractivity contribution is 6.03.